The van der Waals surface area contributed by atoms with E-state index in [1.54, 1.807) is 13.0 Å². The minimum absolute atomic E-state index is 0.0193. The van der Waals surface area contributed by atoms with Crippen LogP contribution in [-0.2, 0) is 4.79 Å². The van der Waals surface area contributed by atoms with Gasteiger partial charge in [-0.25, -0.2) is 4.79 Å². The standard InChI is InChI=1S/C19H15F3O5/c1-11-7-8-15(16(9-11)25-2)27-18(19(20,21)22)13(17(23)24)10-12-5-3-4-6-14(12)26-18/h3-10H,1-2H3,(H,23,24). The number of fused-ring (bicyclic) bond motifs is 1. The maximum absolute atomic E-state index is 14.1. The van der Waals surface area contributed by atoms with Gasteiger partial charge in [0.25, 0.3) is 0 Å². The van der Waals surface area contributed by atoms with Crippen LogP contribution in [0.3, 0.4) is 0 Å². The Hall–Kier alpha value is -3.16. The fraction of sp³-hybridized carbons (Fsp3) is 0.211. The molecule has 0 saturated heterocycles. The molecule has 8 heteroatoms. The summed E-state index contributed by atoms with van der Waals surface area (Å²) < 4.78 is 57.7. The van der Waals surface area contributed by atoms with Crippen molar-refractivity contribution in [2.24, 2.45) is 0 Å². The van der Waals surface area contributed by atoms with Crippen molar-refractivity contribution in [3.05, 3.63) is 59.2 Å². The molecule has 2 aromatic carbocycles. The second-order valence-corrected chi connectivity index (χ2v) is 5.87. The molecule has 1 atom stereocenters. The summed E-state index contributed by atoms with van der Waals surface area (Å²) in [6, 6.07) is 10.1. The van der Waals surface area contributed by atoms with Crippen LogP contribution in [0.15, 0.2) is 48.0 Å². The summed E-state index contributed by atoms with van der Waals surface area (Å²) in [6.07, 6.45) is -4.30. The third kappa shape index (κ3) is 3.18. The lowest BCUT2D eigenvalue weighted by molar-refractivity contribution is -0.304. The van der Waals surface area contributed by atoms with E-state index < -0.39 is 23.5 Å². The van der Waals surface area contributed by atoms with Gasteiger partial charge in [0.2, 0.25) is 0 Å². The second kappa shape index (κ2) is 6.53. The van der Waals surface area contributed by atoms with Gasteiger partial charge in [-0.3, -0.25) is 0 Å². The van der Waals surface area contributed by atoms with E-state index in [1.807, 2.05) is 0 Å². The van der Waals surface area contributed by atoms with Crippen LogP contribution in [0.1, 0.15) is 11.1 Å². The number of benzene rings is 2. The van der Waals surface area contributed by atoms with Gasteiger partial charge in [-0.05, 0) is 36.8 Å². The van der Waals surface area contributed by atoms with Gasteiger partial charge in [0.1, 0.15) is 11.3 Å². The zero-order valence-electron chi connectivity index (χ0n) is 14.3. The molecule has 0 bridgehead atoms. The highest BCUT2D eigenvalue weighted by Crippen LogP contribution is 2.47. The second-order valence-electron chi connectivity index (χ2n) is 5.87. The average Bonchev–Trinajstić information content (AvgIpc) is 2.61. The van der Waals surface area contributed by atoms with Gasteiger partial charge in [-0.2, -0.15) is 13.2 Å². The maximum Gasteiger partial charge on any atom is 0.473 e. The van der Waals surface area contributed by atoms with Gasteiger partial charge in [0.15, 0.2) is 11.5 Å². The van der Waals surface area contributed by atoms with Crippen molar-refractivity contribution < 1.29 is 37.3 Å². The highest BCUT2D eigenvalue weighted by Gasteiger charge is 2.67. The molecule has 2 aromatic rings. The number of carbonyl (C=O) groups is 1. The zero-order valence-corrected chi connectivity index (χ0v) is 14.3. The lowest BCUT2D eigenvalue weighted by Crippen LogP contribution is -2.59. The lowest BCUT2D eigenvalue weighted by Gasteiger charge is -2.38. The molecular formula is C19H15F3O5. The van der Waals surface area contributed by atoms with Gasteiger partial charge in [0, 0.05) is 5.56 Å². The van der Waals surface area contributed by atoms with Crippen LogP contribution in [0, 0.1) is 6.92 Å². The number of aliphatic carboxylic acids is 1. The van der Waals surface area contributed by atoms with E-state index in [2.05, 4.69) is 0 Å². The molecule has 1 aliphatic rings. The Morgan fingerprint density at radius 1 is 1.15 bits per heavy atom. The fourth-order valence-electron chi connectivity index (χ4n) is 2.71. The molecule has 0 radical (unpaired) electrons. The quantitative estimate of drug-likeness (QED) is 0.861. The number of aryl methyl sites for hydroxylation is 1. The van der Waals surface area contributed by atoms with Crippen LogP contribution in [-0.4, -0.2) is 30.1 Å². The zero-order chi connectivity index (χ0) is 19.8. The van der Waals surface area contributed by atoms with E-state index >= 15 is 0 Å². The Morgan fingerprint density at radius 2 is 1.85 bits per heavy atom. The molecule has 142 valence electrons. The van der Waals surface area contributed by atoms with Gasteiger partial charge >= 0.3 is 17.9 Å². The molecule has 0 saturated carbocycles. The van der Waals surface area contributed by atoms with E-state index in [1.165, 1.54) is 43.5 Å². The molecule has 1 heterocycles. The molecular weight excluding hydrogens is 365 g/mol. The smallest absolute Gasteiger partial charge is 0.473 e. The molecule has 0 aromatic heterocycles. The van der Waals surface area contributed by atoms with Crippen LogP contribution in [0.5, 0.6) is 17.2 Å². The summed E-state index contributed by atoms with van der Waals surface area (Å²) in [4.78, 5) is 11.7. The molecule has 0 fully saturated rings. The van der Waals surface area contributed by atoms with Crippen LogP contribution in [0.25, 0.3) is 6.08 Å². The maximum atomic E-state index is 14.1. The van der Waals surface area contributed by atoms with Crippen molar-refractivity contribution in [1.29, 1.82) is 0 Å². The Bertz CT molecular complexity index is 920. The molecule has 0 spiro atoms. The summed E-state index contributed by atoms with van der Waals surface area (Å²) in [5.41, 5.74) is -0.158. The van der Waals surface area contributed by atoms with Crippen LogP contribution in [0.2, 0.25) is 0 Å². The number of carboxylic acid groups (broad SMARTS) is 1. The van der Waals surface area contributed by atoms with Crippen LogP contribution < -0.4 is 14.2 Å². The molecule has 1 N–H and O–H groups in total. The highest BCUT2D eigenvalue weighted by molar-refractivity contribution is 5.96. The number of hydrogen-bond acceptors (Lipinski definition) is 4. The van der Waals surface area contributed by atoms with Crippen molar-refractivity contribution in [1.82, 2.24) is 0 Å². The fourth-order valence-corrected chi connectivity index (χ4v) is 2.71. The van der Waals surface area contributed by atoms with Crippen LogP contribution >= 0.6 is 0 Å². The Kier molecular flexibility index (Phi) is 4.51. The molecule has 0 amide bonds. The molecule has 27 heavy (non-hydrogen) atoms. The number of rotatable bonds is 4. The van der Waals surface area contributed by atoms with Crippen molar-refractivity contribution in [3.8, 4) is 17.2 Å². The number of ether oxygens (including phenoxy) is 3. The Morgan fingerprint density at radius 3 is 2.48 bits per heavy atom. The van der Waals surface area contributed by atoms with Gasteiger partial charge in [-0.15, -0.1) is 0 Å². The first-order chi connectivity index (χ1) is 12.7. The molecule has 3 rings (SSSR count). The summed E-state index contributed by atoms with van der Waals surface area (Å²) in [7, 11) is 1.27. The average molecular weight is 380 g/mol. The summed E-state index contributed by atoms with van der Waals surface area (Å²) >= 11 is 0. The number of hydrogen-bond donors (Lipinski definition) is 1. The number of para-hydroxylation sites is 1. The van der Waals surface area contributed by atoms with Gasteiger partial charge in [0.05, 0.1) is 7.11 Å². The van der Waals surface area contributed by atoms with Crippen LogP contribution in [0.4, 0.5) is 13.2 Å². The molecule has 1 unspecified atom stereocenters. The van der Waals surface area contributed by atoms with E-state index in [4.69, 9.17) is 14.2 Å². The van der Waals surface area contributed by atoms with Gasteiger partial charge in [-0.1, -0.05) is 24.3 Å². The Balaban J connectivity index is 2.21. The van der Waals surface area contributed by atoms with Crippen molar-refractivity contribution >= 4 is 12.0 Å². The number of halogens is 3. The number of alkyl halides is 3. The lowest BCUT2D eigenvalue weighted by atomic mass is 9.97. The van der Waals surface area contributed by atoms with Crippen molar-refractivity contribution in [2.75, 3.05) is 7.11 Å². The SMILES string of the molecule is COc1cc(C)ccc1OC1(C(F)(F)F)Oc2ccccc2C=C1C(=O)O. The first-order valence-corrected chi connectivity index (χ1v) is 7.82. The van der Waals surface area contributed by atoms with E-state index in [0.717, 1.165) is 11.6 Å². The molecule has 1 aliphatic heterocycles. The molecule has 5 nitrogen and oxygen atoms in total. The van der Waals surface area contributed by atoms with Crippen molar-refractivity contribution in [3.63, 3.8) is 0 Å². The topological polar surface area (TPSA) is 65.0 Å². The van der Waals surface area contributed by atoms with E-state index in [0.29, 0.717) is 0 Å². The third-order valence-electron chi connectivity index (χ3n) is 4.00. The number of carboxylic acids is 1. The third-order valence-corrected chi connectivity index (χ3v) is 4.00. The minimum atomic E-state index is -5.19. The monoisotopic (exact) mass is 380 g/mol. The minimum Gasteiger partial charge on any atom is -0.493 e. The van der Waals surface area contributed by atoms with Gasteiger partial charge < -0.3 is 19.3 Å². The predicted octanol–water partition coefficient (Wildman–Crippen LogP) is 4.20. The first kappa shape index (κ1) is 18.6. The largest absolute Gasteiger partial charge is 0.493 e. The van der Waals surface area contributed by atoms with Crippen molar-refractivity contribution in [2.45, 2.75) is 18.9 Å². The summed E-state index contributed by atoms with van der Waals surface area (Å²) in [6.45, 7) is 1.72. The first-order valence-electron chi connectivity index (χ1n) is 7.82. The van der Waals surface area contributed by atoms with E-state index in [-0.39, 0.29) is 22.8 Å². The summed E-state index contributed by atoms with van der Waals surface area (Å²) in [5.74, 6) is -5.77. The van der Waals surface area contributed by atoms with E-state index in [9.17, 15) is 23.1 Å². The highest BCUT2D eigenvalue weighted by atomic mass is 19.4. The summed E-state index contributed by atoms with van der Waals surface area (Å²) in [5, 5.41) is 9.45. The predicted molar refractivity (Wildman–Crippen MR) is 89.8 cm³/mol. The molecule has 0 aliphatic carbocycles. The normalized spacial score (nSPS) is 18.8. The Labute approximate surface area is 152 Å². The number of methoxy groups -OCH3 is 1.